The van der Waals surface area contributed by atoms with Crippen LogP contribution in [0.2, 0.25) is 0 Å². The Balaban J connectivity index is 2.06. The molecule has 0 N–H and O–H groups in total. The van der Waals surface area contributed by atoms with Crippen molar-refractivity contribution in [1.82, 2.24) is 5.06 Å². The van der Waals surface area contributed by atoms with Crippen LogP contribution in [0, 0.1) is 0 Å². The first kappa shape index (κ1) is 6.62. The molecule has 0 amide bonds. The quantitative estimate of drug-likeness (QED) is 0.549. The van der Waals surface area contributed by atoms with E-state index in [-0.39, 0.29) is 0 Å². The minimum atomic E-state index is 0.753. The first-order valence-electron chi connectivity index (χ1n) is 4.24. The summed E-state index contributed by atoms with van der Waals surface area (Å²) in [5.41, 5.74) is 0. The molecule has 10 heavy (non-hydrogen) atoms. The van der Waals surface area contributed by atoms with Gasteiger partial charge in [0.25, 0.3) is 0 Å². The van der Waals surface area contributed by atoms with Crippen LogP contribution >= 0.6 is 0 Å². The molecule has 2 heterocycles. The van der Waals surface area contributed by atoms with Crippen molar-refractivity contribution < 1.29 is 4.84 Å². The van der Waals surface area contributed by atoms with Crippen LogP contribution in [0.25, 0.3) is 0 Å². The summed E-state index contributed by atoms with van der Waals surface area (Å²) in [5.74, 6) is 0. The molecule has 2 aliphatic rings. The predicted molar refractivity (Wildman–Crippen MR) is 39.5 cm³/mol. The normalized spacial score (nSPS) is 40.5. The van der Waals surface area contributed by atoms with Crippen molar-refractivity contribution in [2.24, 2.45) is 0 Å². The lowest BCUT2D eigenvalue weighted by molar-refractivity contribution is -0.181. The predicted octanol–water partition coefficient (Wildman–Crippen LogP) is 1.56. The molecule has 2 saturated heterocycles. The van der Waals surface area contributed by atoms with E-state index >= 15 is 0 Å². The molecule has 2 aliphatic heterocycles. The lowest BCUT2D eigenvalue weighted by atomic mass is 10.1. The van der Waals surface area contributed by atoms with E-state index in [0.717, 1.165) is 12.1 Å². The lowest BCUT2D eigenvalue weighted by Gasteiger charge is -2.31. The summed E-state index contributed by atoms with van der Waals surface area (Å²) in [6.07, 6.45) is 6.83. The van der Waals surface area contributed by atoms with Crippen molar-refractivity contribution in [3.8, 4) is 0 Å². The maximum atomic E-state index is 5.31. The zero-order valence-electron chi connectivity index (χ0n) is 6.55. The lowest BCUT2D eigenvalue weighted by Crippen LogP contribution is -2.38. The third-order valence-corrected chi connectivity index (χ3v) is 2.84. The number of hydroxylamine groups is 2. The fourth-order valence-electron chi connectivity index (χ4n) is 2.37. The highest BCUT2D eigenvalue weighted by Crippen LogP contribution is 2.34. The highest BCUT2D eigenvalue weighted by Gasteiger charge is 2.36. The van der Waals surface area contributed by atoms with Crippen LogP contribution in [-0.2, 0) is 4.84 Å². The highest BCUT2D eigenvalue weighted by atomic mass is 16.7. The highest BCUT2D eigenvalue weighted by molar-refractivity contribution is 4.87. The zero-order valence-corrected chi connectivity index (χ0v) is 6.55. The maximum Gasteiger partial charge on any atom is 0.0575 e. The second kappa shape index (κ2) is 2.51. The van der Waals surface area contributed by atoms with Crippen molar-refractivity contribution in [1.29, 1.82) is 0 Å². The summed E-state index contributed by atoms with van der Waals surface area (Å²) in [7, 11) is 1.80. The topological polar surface area (TPSA) is 12.5 Å². The molecule has 2 unspecified atom stereocenters. The average Bonchev–Trinajstić information content (AvgIpc) is 2.19. The molecule has 0 radical (unpaired) electrons. The Hall–Kier alpha value is -0.0800. The number of fused-ring (bicyclic) bond motifs is 2. The van der Waals surface area contributed by atoms with E-state index < -0.39 is 0 Å². The van der Waals surface area contributed by atoms with Crippen molar-refractivity contribution in [3.05, 3.63) is 0 Å². The third-order valence-electron chi connectivity index (χ3n) is 2.84. The Kier molecular flexibility index (Phi) is 1.66. The van der Waals surface area contributed by atoms with Crippen molar-refractivity contribution in [2.75, 3.05) is 7.11 Å². The summed E-state index contributed by atoms with van der Waals surface area (Å²) in [5, 5.41) is 2.21. The van der Waals surface area contributed by atoms with Gasteiger partial charge in [-0.15, -0.1) is 0 Å². The Labute approximate surface area is 62.1 Å². The van der Waals surface area contributed by atoms with Gasteiger partial charge in [0.1, 0.15) is 0 Å². The Morgan fingerprint density at radius 3 is 2.10 bits per heavy atom. The van der Waals surface area contributed by atoms with Gasteiger partial charge >= 0.3 is 0 Å². The molecule has 2 heteroatoms. The minimum absolute atomic E-state index is 0.753. The number of hydrogen-bond donors (Lipinski definition) is 0. The fraction of sp³-hybridized carbons (Fsp3) is 1.00. The van der Waals surface area contributed by atoms with Gasteiger partial charge < -0.3 is 4.84 Å². The molecule has 0 saturated carbocycles. The zero-order chi connectivity index (χ0) is 6.97. The first-order valence-corrected chi connectivity index (χ1v) is 4.24. The van der Waals surface area contributed by atoms with Gasteiger partial charge in [0.2, 0.25) is 0 Å². The summed E-state index contributed by atoms with van der Waals surface area (Å²) < 4.78 is 0. The molecule has 0 aromatic heterocycles. The molecule has 2 nitrogen and oxygen atoms in total. The Morgan fingerprint density at radius 2 is 1.70 bits per heavy atom. The molecule has 2 atom stereocenters. The smallest absolute Gasteiger partial charge is 0.0575 e. The van der Waals surface area contributed by atoms with E-state index in [9.17, 15) is 0 Å². The van der Waals surface area contributed by atoms with Crippen LogP contribution in [0.5, 0.6) is 0 Å². The van der Waals surface area contributed by atoms with Crippen molar-refractivity contribution in [3.63, 3.8) is 0 Å². The first-order chi connectivity index (χ1) is 4.92. The van der Waals surface area contributed by atoms with E-state index in [1.165, 1.54) is 32.1 Å². The SMILES string of the molecule is CON1C2CCCC1CC2. The van der Waals surface area contributed by atoms with E-state index in [4.69, 9.17) is 4.84 Å². The van der Waals surface area contributed by atoms with Crippen LogP contribution in [0.4, 0.5) is 0 Å². The van der Waals surface area contributed by atoms with Crippen LogP contribution in [-0.4, -0.2) is 24.3 Å². The molecule has 0 spiro atoms. The number of rotatable bonds is 1. The van der Waals surface area contributed by atoms with E-state index in [2.05, 4.69) is 5.06 Å². The molecule has 2 fully saturated rings. The Morgan fingerprint density at radius 1 is 1.10 bits per heavy atom. The number of piperidine rings is 1. The van der Waals surface area contributed by atoms with Gasteiger partial charge in [0.05, 0.1) is 7.11 Å². The van der Waals surface area contributed by atoms with Crippen LogP contribution < -0.4 is 0 Å². The summed E-state index contributed by atoms with van der Waals surface area (Å²) in [6, 6.07) is 1.51. The van der Waals surface area contributed by atoms with E-state index in [1.54, 1.807) is 7.11 Å². The molecule has 0 aliphatic carbocycles. The largest absolute Gasteiger partial charge is 0.302 e. The van der Waals surface area contributed by atoms with Crippen molar-refractivity contribution >= 4 is 0 Å². The average molecular weight is 141 g/mol. The Bertz CT molecular complexity index is 110. The van der Waals surface area contributed by atoms with Crippen molar-refractivity contribution in [2.45, 2.75) is 44.2 Å². The maximum absolute atomic E-state index is 5.31. The summed E-state index contributed by atoms with van der Waals surface area (Å²) in [4.78, 5) is 5.31. The van der Waals surface area contributed by atoms with Gasteiger partial charge in [-0.1, -0.05) is 6.42 Å². The van der Waals surface area contributed by atoms with E-state index in [0.29, 0.717) is 0 Å². The summed E-state index contributed by atoms with van der Waals surface area (Å²) in [6.45, 7) is 0. The van der Waals surface area contributed by atoms with Gasteiger partial charge in [0, 0.05) is 12.1 Å². The number of hydrogen-bond acceptors (Lipinski definition) is 2. The second-order valence-corrected chi connectivity index (χ2v) is 3.36. The van der Waals surface area contributed by atoms with Gasteiger partial charge in [-0.25, -0.2) is 0 Å². The van der Waals surface area contributed by atoms with Crippen LogP contribution in [0.3, 0.4) is 0 Å². The van der Waals surface area contributed by atoms with Gasteiger partial charge in [0.15, 0.2) is 0 Å². The van der Waals surface area contributed by atoms with Crippen LogP contribution in [0.1, 0.15) is 32.1 Å². The standard InChI is InChI=1S/C8H15NO/c1-10-9-7-3-2-4-8(9)6-5-7/h7-8H,2-6H2,1H3. The fourth-order valence-corrected chi connectivity index (χ4v) is 2.37. The minimum Gasteiger partial charge on any atom is -0.302 e. The molecule has 0 aromatic carbocycles. The van der Waals surface area contributed by atoms with Gasteiger partial charge in [-0.05, 0) is 25.7 Å². The molecule has 2 bridgehead atoms. The van der Waals surface area contributed by atoms with Crippen LogP contribution in [0.15, 0.2) is 0 Å². The summed E-state index contributed by atoms with van der Waals surface area (Å²) >= 11 is 0. The molecule has 58 valence electrons. The van der Waals surface area contributed by atoms with E-state index in [1.807, 2.05) is 0 Å². The second-order valence-electron chi connectivity index (χ2n) is 3.36. The number of nitrogens with zero attached hydrogens (tertiary/aromatic N) is 1. The molecular formula is C8H15NO. The molecular weight excluding hydrogens is 126 g/mol. The molecule has 0 aromatic rings. The van der Waals surface area contributed by atoms with Gasteiger partial charge in [-0.2, -0.15) is 5.06 Å². The third kappa shape index (κ3) is 0.867. The molecule has 2 rings (SSSR count). The monoisotopic (exact) mass is 141 g/mol. The van der Waals surface area contributed by atoms with Gasteiger partial charge in [-0.3, -0.25) is 0 Å².